The molecule has 30 heavy (non-hydrogen) atoms. The van der Waals surface area contributed by atoms with Crippen molar-refractivity contribution in [3.63, 3.8) is 0 Å². The topological polar surface area (TPSA) is 133 Å². The predicted molar refractivity (Wildman–Crippen MR) is 109 cm³/mol. The van der Waals surface area contributed by atoms with E-state index in [1.165, 1.54) is 43.7 Å². The minimum Gasteiger partial charge on any atom is -0.493 e. The maximum absolute atomic E-state index is 12.4. The third-order valence-corrected chi connectivity index (χ3v) is 5.02. The molecule has 0 spiro atoms. The van der Waals surface area contributed by atoms with Gasteiger partial charge in [-0.05, 0) is 42.0 Å². The fourth-order valence-electron chi connectivity index (χ4n) is 2.32. The molecule has 1 aromatic heterocycles. The minimum atomic E-state index is -4.00. The second kappa shape index (κ2) is 9.01. The van der Waals surface area contributed by atoms with Crippen molar-refractivity contribution in [2.24, 2.45) is 5.10 Å². The summed E-state index contributed by atoms with van der Waals surface area (Å²) in [7, 11) is -2.62. The number of anilines is 1. The first-order valence-electron chi connectivity index (χ1n) is 8.46. The van der Waals surface area contributed by atoms with Crippen molar-refractivity contribution in [2.45, 2.75) is 4.90 Å². The zero-order valence-corrected chi connectivity index (χ0v) is 16.4. The van der Waals surface area contributed by atoms with Crippen LogP contribution in [0.15, 0.2) is 76.9 Å². The number of hydrogen-bond acceptors (Lipinski definition) is 9. The fraction of sp³-hybridized carbons (Fsp3) is 0.0526. The molecule has 1 N–H and O–H groups in total. The molecule has 1 heterocycles. The van der Waals surface area contributed by atoms with Crippen molar-refractivity contribution in [3.8, 4) is 11.5 Å². The van der Waals surface area contributed by atoms with Crippen LogP contribution in [0.4, 0.5) is 11.5 Å². The molecule has 0 saturated heterocycles. The second-order valence-electron chi connectivity index (χ2n) is 5.79. The van der Waals surface area contributed by atoms with Gasteiger partial charge in [0.2, 0.25) is 0 Å². The summed E-state index contributed by atoms with van der Waals surface area (Å²) in [6.45, 7) is 0. The van der Waals surface area contributed by atoms with Gasteiger partial charge in [-0.1, -0.05) is 18.2 Å². The van der Waals surface area contributed by atoms with Gasteiger partial charge in [0.05, 0.1) is 18.2 Å². The van der Waals surface area contributed by atoms with Crippen LogP contribution in [0.2, 0.25) is 0 Å². The van der Waals surface area contributed by atoms with E-state index in [2.05, 4.69) is 15.5 Å². The molecule has 0 aliphatic rings. The molecule has 11 heteroatoms. The Morgan fingerprint density at radius 3 is 2.50 bits per heavy atom. The average Bonchev–Trinajstić information content (AvgIpc) is 2.75. The molecule has 3 aromatic rings. The molecule has 0 amide bonds. The summed E-state index contributed by atoms with van der Waals surface area (Å²) in [6.07, 6.45) is 2.56. The maximum atomic E-state index is 12.4. The summed E-state index contributed by atoms with van der Waals surface area (Å²) in [4.78, 5) is 14.0. The van der Waals surface area contributed by atoms with Gasteiger partial charge in [0.25, 0.3) is 5.69 Å². The Labute approximate surface area is 172 Å². The first kappa shape index (κ1) is 20.7. The van der Waals surface area contributed by atoms with Crippen LogP contribution in [0.5, 0.6) is 11.5 Å². The normalized spacial score (nSPS) is 11.2. The number of hydrogen-bond donors (Lipinski definition) is 1. The SMILES string of the molecule is COc1cc(/C=N\Nc2ccc([N+](=O)[O-])cn2)ccc1OS(=O)(=O)c1ccccc1. The standard InChI is InChI=1S/C19H16N4O6S/c1-28-18-11-14(12-21-22-19-10-8-15(13-20-19)23(24)25)7-9-17(18)29-30(26,27)16-5-3-2-4-6-16/h2-13H,1H3,(H,20,22)/b21-12-. The Morgan fingerprint density at radius 2 is 1.87 bits per heavy atom. The van der Waals surface area contributed by atoms with E-state index in [1.807, 2.05) is 0 Å². The largest absolute Gasteiger partial charge is 0.493 e. The number of ether oxygens (including phenoxy) is 1. The van der Waals surface area contributed by atoms with Gasteiger partial charge in [-0.3, -0.25) is 15.5 Å². The smallest absolute Gasteiger partial charge is 0.339 e. The second-order valence-corrected chi connectivity index (χ2v) is 7.34. The van der Waals surface area contributed by atoms with Crippen LogP contribution in [0.3, 0.4) is 0 Å². The number of nitrogens with zero attached hydrogens (tertiary/aromatic N) is 3. The van der Waals surface area contributed by atoms with Crippen molar-refractivity contribution in [3.05, 3.63) is 82.5 Å². The number of pyridine rings is 1. The Hall–Kier alpha value is -3.99. The first-order chi connectivity index (χ1) is 14.4. The lowest BCUT2D eigenvalue weighted by Gasteiger charge is -2.11. The van der Waals surface area contributed by atoms with E-state index >= 15 is 0 Å². The van der Waals surface area contributed by atoms with Crippen LogP contribution in [0, 0.1) is 10.1 Å². The monoisotopic (exact) mass is 428 g/mol. The molecule has 0 fully saturated rings. The Kier molecular flexibility index (Phi) is 6.23. The van der Waals surface area contributed by atoms with E-state index in [9.17, 15) is 18.5 Å². The lowest BCUT2D eigenvalue weighted by molar-refractivity contribution is -0.385. The van der Waals surface area contributed by atoms with Crippen molar-refractivity contribution in [1.29, 1.82) is 0 Å². The third kappa shape index (κ3) is 5.08. The first-order valence-corrected chi connectivity index (χ1v) is 9.87. The van der Waals surface area contributed by atoms with Gasteiger partial charge in [-0.25, -0.2) is 4.98 Å². The van der Waals surface area contributed by atoms with Gasteiger partial charge < -0.3 is 8.92 Å². The molecule has 0 bridgehead atoms. The van der Waals surface area contributed by atoms with E-state index in [-0.39, 0.29) is 22.1 Å². The van der Waals surface area contributed by atoms with Crippen LogP contribution < -0.4 is 14.3 Å². The van der Waals surface area contributed by atoms with Crippen molar-refractivity contribution < 1.29 is 22.3 Å². The van der Waals surface area contributed by atoms with Crippen LogP contribution in [0.25, 0.3) is 0 Å². The molecule has 10 nitrogen and oxygen atoms in total. The highest BCUT2D eigenvalue weighted by atomic mass is 32.2. The van der Waals surface area contributed by atoms with Crippen LogP contribution in [-0.2, 0) is 10.1 Å². The van der Waals surface area contributed by atoms with Gasteiger partial charge >= 0.3 is 10.1 Å². The number of rotatable bonds is 8. The zero-order chi connectivity index (χ0) is 21.6. The van der Waals surface area contributed by atoms with Crippen molar-refractivity contribution >= 4 is 27.8 Å². The molecule has 3 rings (SSSR count). The highest BCUT2D eigenvalue weighted by molar-refractivity contribution is 7.87. The Balaban J connectivity index is 1.72. The molecular weight excluding hydrogens is 412 g/mol. The summed E-state index contributed by atoms with van der Waals surface area (Å²) in [5, 5.41) is 14.6. The lowest BCUT2D eigenvalue weighted by atomic mass is 10.2. The quantitative estimate of drug-likeness (QED) is 0.250. The molecular formula is C19H16N4O6S. The number of hydrazone groups is 1. The number of nitrogens with one attached hydrogen (secondary N) is 1. The molecule has 0 saturated carbocycles. The van der Waals surface area contributed by atoms with E-state index in [0.717, 1.165) is 6.20 Å². The molecule has 2 aromatic carbocycles. The fourth-order valence-corrected chi connectivity index (χ4v) is 3.28. The molecule has 154 valence electrons. The highest BCUT2D eigenvalue weighted by Crippen LogP contribution is 2.30. The Morgan fingerprint density at radius 1 is 1.10 bits per heavy atom. The number of aromatic nitrogens is 1. The number of methoxy groups -OCH3 is 1. The molecule has 0 aliphatic carbocycles. The third-order valence-electron chi connectivity index (χ3n) is 3.77. The van der Waals surface area contributed by atoms with E-state index in [1.54, 1.807) is 30.3 Å². The highest BCUT2D eigenvalue weighted by Gasteiger charge is 2.18. The van der Waals surface area contributed by atoms with Crippen LogP contribution in [0.1, 0.15) is 5.56 Å². The average molecular weight is 428 g/mol. The van der Waals surface area contributed by atoms with Crippen molar-refractivity contribution in [1.82, 2.24) is 4.98 Å². The van der Waals surface area contributed by atoms with Gasteiger partial charge in [-0.2, -0.15) is 13.5 Å². The number of benzene rings is 2. The summed E-state index contributed by atoms with van der Waals surface area (Å²) in [6, 6.07) is 15.1. The van der Waals surface area contributed by atoms with Gasteiger partial charge in [0, 0.05) is 6.07 Å². The Bertz CT molecular complexity index is 1170. The van der Waals surface area contributed by atoms with Gasteiger partial charge in [0.1, 0.15) is 16.9 Å². The maximum Gasteiger partial charge on any atom is 0.339 e. The van der Waals surface area contributed by atoms with Crippen molar-refractivity contribution in [2.75, 3.05) is 12.5 Å². The summed E-state index contributed by atoms with van der Waals surface area (Å²) in [5.74, 6) is 0.549. The molecule has 0 unspecified atom stereocenters. The summed E-state index contributed by atoms with van der Waals surface area (Å²) < 4.78 is 35.2. The van der Waals surface area contributed by atoms with Crippen LogP contribution >= 0.6 is 0 Å². The van der Waals surface area contributed by atoms with Gasteiger partial charge in [-0.15, -0.1) is 0 Å². The van der Waals surface area contributed by atoms with Gasteiger partial charge in [0.15, 0.2) is 11.5 Å². The summed E-state index contributed by atoms with van der Waals surface area (Å²) in [5.41, 5.74) is 3.10. The molecule has 0 radical (unpaired) electrons. The van der Waals surface area contributed by atoms with E-state index < -0.39 is 15.0 Å². The number of nitro groups is 1. The zero-order valence-electron chi connectivity index (χ0n) is 15.6. The molecule has 0 atom stereocenters. The minimum absolute atomic E-state index is 0.0255. The molecule has 0 aliphatic heterocycles. The van der Waals surface area contributed by atoms with Crippen LogP contribution in [-0.4, -0.2) is 31.6 Å². The van der Waals surface area contributed by atoms with E-state index in [4.69, 9.17) is 8.92 Å². The van der Waals surface area contributed by atoms with E-state index in [0.29, 0.717) is 11.4 Å². The predicted octanol–water partition coefficient (Wildman–Crippen LogP) is 3.21. The lowest BCUT2D eigenvalue weighted by Crippen LogP contribution is -2.10. The summed E-state index contributed by atoms with van der Waals surface area (Å²) >= 11 is 0.